The van der Waals surface area contributed by atoms with Gasteiger partial charge in [0.25, 0.3) is 0 Å². The molecular formula is C21H21N7OS. The maximum absolute atomic E-state index is 10.2. The van der Waals surface area contributed by atoms with E-state index < -0.39 is 5.60 Å². The van der Waals surface area contributed by atoms with Crippen molar-refractivity contribution in [3.05, 3.63) is 47.2 Å². The highest BCUT2D eigenvalue weighted by Gasteiger charge is 2.23. The lowest BCUT2D eigenvalue weighted by molar-refractivity contribution is 0.0775. The molecule has 9 heteroatoms. The number of aromatic nitrogens is 5. The number of anilines is 1. The zero-order chi connectivity index (χ0) is 21.5. The van der Waals surface area contributed by atoms with E-state index in [9.17, 15) is 5.11 Å². The van der Waals surface area contributed by atoms with Crippen molar-refractivity contribution in [3.8, 4) is 28.0 Å². The van der Waals surface area contributed by atoms with Gasteiger partial charge in [-0.15, -0.1) is 10.2 Å². The Kier molecular flexibility index (Phi) is 4.97. The van der Waals surface area contributed by atoms with E-state index in [0.717, 1.165) is 28.2 Å². The van der Waals surface area contributed by atoms with Crippen molar-refractivity contribution in [3.63, 3.8) is 0 Å². The molecule has 152 valence electrons. The molecule has 0 aromatic carbocycles. The predicted molar refractivity (Wildman–Crippen MR) is 116 cm³/mol. The van der Waals surface area contributed by atoms with Gasteiger partial charge in [-0.05, 0) is 52.0 Å². The van der Waals surface area contributed by atoms with Crippen LogP contribution in [0.1, 0.15) is 38.3 Å². The Morgan fingerprint density at radius 1 is 1.20 bits per heavy atom. The van der Waals surface area contributed by atoms with Crippen LogP contribution in [-0.4, -0.2) is 35.9 Å². The quantitative estimate of drug-likeness (QED) is 0.505. The average Bonchev–Trinajstić information content (AvgIpc) is 3.34. The fourth-order valence-corrected chi connectivity index (χ4v) is 3.90. The average molecular weight is 420 g/mol. The summed E-state index contributed by atoms with van der Waals surface area (Å²) in [4.78, 5) is 4.64. The first-order chi connectivity index (χ1) is 14.3. The van der Waals surface area contributed by atoms with Gasteiger partial charge < -0.3 is 10.4 Å². The molecule has 0 spiro atoms. The summed E-state index contributed by atoms with van der Waals surface area (Å²) in [5.74, 6) is 0. The third kappa shape index (κ3) is 3.75. The minimum atomic E-state index is -1.05. The molecule has 0 atom stereocenters. The summed E-state index contributed by atoms with van der Waals surface area (Å²) in [6.45, 7) is 7.50. The molecule has 0 unspecified atom stereocenters. The Balaban J connectivity index is 1.81. The van der Waals surface area contributed by atoms with Crippen molar-refractivity contribution in [1.82, 2.24) is 24.8 Å². The largest absolute Gasteiger partial charge is 0.383 e. The lowest BCUT2D eigenvalue weighted by Gasteiger charge is -2.15. The third-order valence-electron chi connectivity index (χ3n) is 4.42. The molecule has 8 nitrogen and oxygen atoms in total. The predicted octanol–water partition coefficient (Wildman–Crippen LogP) is 3.83. The van der Waals surface area contributed by atoms with E-state index in [-0.39, 0.29) is 6.04 Å². The number of nitriles is 1. The smallest absolute Gasteiger partial charge is 0.151 e. The minimum Gasteiger partial charge on any atom is -0.383 e. The number of pyridine rings is 1. The Morgan fingerprint density at radius 3 is 2.67 bits per heavy atom. The molecule has 0 amide bonds. The van der Waals surface area contributed by atoms with Crippen LogP contribution in [0.5, 0.6) is 0 Å². The van der Waals surface area contributed by atoms with Crippen molar-refractivity contribution in [1.29, 1.82) is 5.26 Å². The molecule has 0 bridgehead atoms. The molecule has 4 aromatic heterocycles. The zero-order valence-corrected chi connectivity index (χ0v) is 17.9. The van der Waals surface area contributed by atoms with Crippen molar-refractivity contribution in [2.45, 2.75) is 39.3 Å². The number of rotatable bonds is 5. The van der Waals surface area contributed by atoms with Gasteiger partial charge in [-0.3, -0.25) is 4.98 Å². The summed E-state index contributed by atoms with van der Waals surface area (Å²) >= 11 is 1.34. The lowest BCUT2D eigenvalue weighted by atomic mass is 10.1. The Hall–Kier alpha value is -3.35. The fraction of sp³-hybridized carbons (Fsp3) is 0.286. The molecule has 0 aliphatic carbocycles. The van der Waals surface area contributed by atoms with Gasteiger partial charge in [0.1, 0.15) is 16.7 Å². The Bertz CT molecular complexity index is 1260. The van der Waals surface area contributed by atoms with Gasteiger partial charge in [-0.25, -0.2) is 4.52 Å². The second kappa shape index (κ2) is 7.48. The fourth-order valence-electron chi connectivity index (χ4n) is 3.03. The highest BCUT2D eigenvalue weighted by Crippen LogP contribution is 2.35. The van der Waals surface area contributed by atoms with Gasteiger partial charge in [0.2, 0.25) is 0 Å². The molecule has 30 heavy (non-hydrogen) atoms. The highest BCUT2D eigenvalue weighted by molar-refractivity contribution is 7.14. The maximum atomic E-state index is 10.2. The number of nitrogens with zero attached hydrogens (tertiary/aromatic N) is 6. The minimum absolute atomic E-state index is 0.195. The topological polar surface area (TPSA) is 112 Å². The van der Waals surface area contributed by atoms with Crippen LogP contribution in [0.3, 0.4) is 0 Å². The number of aliphatic hydroxyl groups is 1. The van der Waals surface area contributed by atoms with E-state index in [1.807, 2.05) is 18.2 Å². The van der Waals surface area contributed by atoms with Gasteiger partial charge >= 0.3 is 0 Å². The first kappa shape index (κ1) is 19.9. The molecule has 0 radical (unpaired) electrons. The van der Waals surface area contributed by atoms with Gasteiger partial charge in [0, 0.05) is 17.9 Å². The molecule has 0 saturated heterocycles. The van der Waals surface area contributed by atoms with E-state index in [1.165, 1.54) is 17.5 Å². The van der Waals surface area contributed by atoms with E-state index in [2.05, 4.69) is 45.5 Å². The van der Waals surface area contributed by atoms with E-state index in [4.69, 9.17) is 5.26 Å². The number of fused-ring (bicyclic) bond motifs is 1. The zero-order valence-electron chi connectivity index (χ0n) is 17.1. The monoisotopic (exact) mass is 419 g/mol. The van der Waals surface area contributed by atoms with Crippen LogP contribution >= 0.6 is 11.3 Å². The molecule has 0 fully saturated rings. The van der Waals surface area contributed by atoms with E-state index >= 15 is 0 Å². The summed E-state index contributed by atoms with van der Waals surface area (Å²) < 4.78 is 1.76. The molecule has 2 N–H and O–H groups in total. The van der Waals surface area contributed by atoms with Crippen molar-refractivity contribution in [2.24, 2.45) is 0 Å². The second-order valence-electron chi connectivity index (χ2n) is 7.80. The molecule has 4 heterocycles. The number of nitrogens with one attached hydrogen (secondary N) is 1. The molecule has 4 aromatic rings. The van der Waals surface area contributed by atoms with Gasteiger partial charge in [0.15, 0.2) is 5.01 Å². The maximum Gasteiger partial charge on any atom is 0.151 e. The highest BCUT2D eigenvalue weighted by atomic mass is 32.1. The van der Waals surface area contributed by atoms with Crippen LogP contribution in [-0.2, 0) is 5.60 Å². The van der Waals surface area contributed by atoms with Crippen LogP contribution < -0.4 is 5.32 Å². The molecule has 4 rings (SSSR count). The Morgan fingerprint density at radius 2 is 2.00 bits per heavy atom. The van der Waals surface area contributed by atoms with E-state index in [0.29, 0.717) is 15.6 Å². The van der Waals surface area contributed by atoms with Crippen molar-refractivity contribution < 1.29 is 5.11 Å². The standard InChI is InChI=1S/C21H21N7OS/c1-12(2)25-16-8-17(18-6-5-14-7-13(9-22)10-24-28(14)18)23-11-15(16)19-26-27-20(30-19)21(3,4)29/h5-8,10-12,29H,1-4H3,(H,23,25). The first-order valence-corrected chi connectivity index (χ1v) is 10.3. The van der Waals surface area contributed by atoms with E-state index in [1.54, 1.807) is 30.6 Å². The van der Waals surface area contributed by atoms with Crippen LogP contribution in [0.2, 0.25) is 0 Å². The third-order valence-corrected chi connectivity index (χ3v) is 5.69. The lowest BCUT2D eigenvalue weighted by Crippen LogP contribution is -2.14. The van der Waals surface area contributed by atoms with Crippen LogP contribution in [0.15, 0.2) is 36.7 Å². The Labute approximate surface area is 177 Å². The molecule has 0 saturated carbocycles. The van der Waals surface area contributed by atoms with Gasteiger partial charge in [-0.1, -0.05) is 11.3 Å². The first-order valence-electron chi connectivity index (χ1n) is 9.48. The molecular weight excluding hydrogens is 398 g/mol. The summed E-state index contributed by atoms with van der Waals surface area (Å²) in [5, 5.41) is 36.8. The summed E-state index contributed by atoms with van der Waals surface area (Å²) in [6.07, 6.45) is 3.30. The summed E-state index contributed by atoms with van der Waals surface area (Å²) in [6, 6.07) is 9.90. The van der Waals surface area contributed by atoms with Gasteiger partial charge in [-0.2, -0.15) is 10.4 Å². The molecule has 0 aliphatic heterocycles. The van der Waals surface area contributed by atoms with Crippen LogP contribution in [0, 0.1) is 11.3 Å². The van der Waals surface area contributed by atoms with Crippen LogP contribution in [0.25, 0.3) is 27.5 Å². The van der Waals surface area contributed by atoms with Gasteiger partial charge in [0.05, 0.1) is 34.2 Å². The van der Waals surface area contributed by atoms with Crippen LogP contribution in [0.4, 0.5) is 5.69 Å². The normalized spacial score (nSPS) is 11.8. The SMILES string of the molecule is CC(C)Nc1cc(-c2ccc3cc(C#N)cnn23)ncc1-c1nnc(C(C)(C)O)s1. The molecule has 0 aliphatic rings. The second-order valence-corrected chi connectivity index (χ2v) is 8.77. The van der Waals surface area contributed by atoms with Crippen molar-refractivity contribution in [2.75, 3.05) is 5.32 Å². The number of hydrogen-bond acceptors (Lipinski definition) is 8. The van der Waals surface area contributed by atoms with Crippen molar-refractivity contribution >= 4 is 22.5 Å². The summed E-state index contributed by atoms with van der Waals surface area (Å²) in [7, 11) is 0. The number of hydrogen-bond donors (Lipinski definition) is 2. The summed E-state index contributed by atoms with van der Waals surface area (Å²) in [5.41, 5.74) is 3.55.